The summed E-state index contributed by atoms with van der Waals surface area (Å²) in [6, 6.07) is 0.630. The quantitative estimate of drug-likeness (QED) is 0.817. The van der Waals surface area contributed by atoms with E-state index in [0.29, 0.717) is 18.6 Å². The van der Waals surface area contributed by atoms with E-state index in [0.717, 1.165) is 0 Å². The number of hydrogen-bond acceptors (Lipinski definition) is 2. The van der Waals surface area contributed by atoms with Crippen molar-refractivity contribution < 1.29 is 18.0 Å². The second-order valence-corrected chi connectivity index (χ2v) is 4.15. The van der Waals surface area contributed by atoms with Crippen LogP contribution in [0.25, 0.3) is 0 Å². The van der Waals surface area contributed by atoms with Crippen LogP contribution in [-0.2, 0) is 4.79 Å². The molecule has 0 bridgehead atoms. The molecule has 0 saturated heterocycles. The standard InChI is InChI=1S/C12H15F3N2O/c1-3-6(2)11(16)12(18)17-7-4-8(13)10(15)9(14)5-7/h4-6,11H,3,16H2,1-2H3,(H,17,18)/t6?,11-/m0/s1. The van der Waals surface area contributed by atoms with Gasteiger partial charge in [0.25, 0.3) is 0 Å². The predicted octanol–water partition coefficient (Wildman–Crippen LogP) is 2.42. The first-order valence-corrected chi connectivity index (χ1v) is 5.57. The molecule has 1 amide bonds. The van der Waals surface area contributed by atoms with Crippen LogP contribution in [0.5, 0.6) is 0 Å². The van der Waals surface area contributed by atoms with E-state index < -0.39 is 29.4 Å². The van der Waals surface area contributed by atoms with Gasteiger partial charge in [-0.25, -0.2) is 13.2 Å². The van der Waals surface area contributed by atoms with Gasteiger partial charge in [-0.15, -0.1) is 0 Å². The number of hydrogen-bond donors (Lipinski definition) is 2. The highest BCUT2D eigenvalue weighted by Gasteiger charge is 2.20. The summed E-state index contributed by atoms with van der Waals surface area (Å²) in [6.07, 6.45) is 0.695. The molecule has 0 aliphatic heterocycles. The number of nitrogens with one attached hydrogen (secondary N) is 1. The molecule has 1 unspecified atom stereocenters. The Hall–Kier alpha value is -1.56. The van der Waals surface area contributed by atoms with Crippen molar-refractivity contribution in [3.05, 3.63) is 29.6 Å². The summed E-state index contributed by atoms with van der Waals surface area (Å²) in [4.78, 5) is 11.6. The predicted molar refractivity (Wildman–Crippen MR) is 62.4 cm³/mol. The van der Waals surface area contributed by atoms with Crippen molar-refractivity contribution in [3.8, 4) is 0 Å². The van der Waals surface area contributed by atoms with Crippen LogP contribution in [0.4, 0.5) is 18.9 Å². The third-order valence-corrected chi connectivity index (χ3v) is 2.81. The van der Waals surface area contributed by atoms with E-state index in [1.165, 1.54) is 0 Å². The maximum atomic E-state index is 12.9. The topological polar surface area (TPSA) is 55.1 Å². The fourth-order valence-electron chi connectivity index (χ4n) is 1.37. The number of carbonyl (C=O) groups is 1. The number of amides is 1. The zero-order valence-corrected chi connectivity index (χ0v) is 10.1. The normalized spacial score (nSPS) is 14.1. The summed E-state index contributed by atoms with van der Waals surface area (Å²) >= 11 is 0. The minimum Gasteiger partial charge on any atom is -0.325 e. The third-order valence-electron chi connectivity index (χ3n) is 2.81. The molecule has 18 heavy (non-hydrogen) atoms. The molecule has 0 fully saturated rings. The van der Waals surface area contributed by atoms with E-state index >= 15 is 0 Å². The molecular weight excluding hydrogens is 245 g/mol. The van der Waals surface area contributed by atoms with Crippen LogP contribution >= 0.6 is 0 Å². The summed E-state index contributed by atoms with van der Waals surface area (Å²) in [5.74, 6) is -4.92. The van der Waals surface area contributed by atoms with E-state index in [-0.39, 0.29) is 11.6 Å². The largest absolute Gasteiger partial charge is 0.325 e. The first-order chi connectivity index (χ1) is 8.36. The Morgan fingerprint density at radius 3 is 2.28 bits per heavy atom. The van der Waals surface area contributed by atoms with Crippen LogP contribution in [0, 0.1) is 23.4 Å². The fourth-order valence-corrected chi connectivity index (χ4v) is 1.37. The van der Waals surface area contributed by atoms with Gasteiger partial charge in [-0.05, 0) is 5.92 Å². The smallest absolute Gasteiger partial charge is 0.241 e. The van der Waals surface area contributed by atoms with Gasteiger partial charge in [0.05, 0.1) is 6.04 Å². The van der Waals surface area contributed by atoms with E-state index in [9.17, 15) is 18.0 Å². The highest BCUT2D eigenvalue weighted by atomic mass is 19.2. The number of rotatable bonds is 4. The average Bonchev–Trinajstić information content (AvgIpc) is 2.33. The van der Waals surface area contributed by atoms with Crippen LogP contribution in [-0.4, -0.2) is 11.9 Å². The van der Waals surface area contributed by atoms with Gasteiger partial charge in [0.2, 0.25) is 5.91 Å². The Balaban J connectivity index is 2.82. The molecule has 1 aromatic carbocycles. The van der Waals surface area contributed by atoms with Crippen LogP contribution in [0.3, 0.4) is 0 Å². The first kappa shape index (κ1) is 14.5. The summed E-state index contributed by atoms with van der Waals surface area (Å²) in [5, 5.41) is 2.26. The molecule has 0 saturated carbocycles. The third kappa shape index (κ3) is 3.22. The molecule has 3 N–H and O–H groups in total. The Morgan fingerprint density at radius 1 is 1.33 bits per heavy atom. The van der Waals surface area contributed by atoms with Gasteiger partial charge in [0.15, 0.2) is 17.5 Å². The summed E-state index contributed by atoms with van der Waals surface area (Å²) in [6.45, 7) is 3.66. The molecule has 0 aliphatic rings. The Kier molecular flexibility index (Phi) is 4.72. The molecule has 3 nitrogen and oxygen atoms in total. The van der Waals surface area contributed by atoms with Gasteiger partial charge in [0.1, 0.15) is 0 Å². The maximum absolute atomic E-state index is 12.9. The van der Waals surface area contributed by atoms with E-state index in [1.54, 1.807) is 6.92 Å². The zero-order chi connectivity index (χ0) is 13.9. The van der Waals surface area contributed by atoms with Gasteiger partial charge in [-0.2, -0.15) is 0 Å². The minimum absolute atomic E-state index is 0.0693. The lowest BCUT2D eigenvalue weighted by Gasteiger charge is -2.17. The second-order valence-electron chi connectivity index (χ2n) is 4.15. The molecule has 0 aliphatic carbocycles. The molecule has 2 atom stereocenters. The van der Waals surface area contributed by atoms with Crippen LogP contribution < -0.4 is 11.1 Å². The van der Waals surface area contributed by atoms with Crippen molar-refractivity contribution >= 4 is 11.6 Å². The number of carbonyl (C=O) groups excluding carboxylic acids is 1. The van der Waals surface area contributed by atoms with E-state index in [1.807, 2.05) is 6.92 Å². The van der Waals surface area contributed by atoms with Crippen molar-refractivity contribution in [2.24, 2.45) is 11.7 Å². The Morgan fingerprint density at radius 2 is 1.83 bits per heavy atom. The lowest BCUT2D eigenvalue weighted by Crippen LogP contribution is -2.40. The molecule has 0 heterocycles. The zero-order valence-electron chi connectivity index (χ0n) is 10.1. The van der Waals surface area contributed by atoms with Crippen molar-refractivity contribution in [1.82, 2.24) is 0 Å². The van der Waals surface area contributed by atoms with Gasteiger partial charge < -0.3 is 11.1 Å². The fraction of sp³-hybridized carbons (Fsp3) is 0.417. The molecule has 0 radical (unpaired) electrons. The number of halogens is 3. The molecule has 6 heteroatoms. The van der Waals surface area contributed by atoms with Gasteiger partial charge in [0, 0.05) is 17.8 Å². The van der Waals surface area contributed by atoms with E-state index in [2.05, 4.69) is 5.32 Å². The second kappa shape index (κ2) is 5.86. The average molecular weight is 260 g/mol. The molecule has 0 spiro atoms. The summed E-state index contributed by atoms with van der Waals surface area (Å²) < 4.78 is 38.5. The molecule has 0 aromatic heterocycles. The van der Waals surface area contributed by atoms with Gasteiger partial charge >= 0.3 is 0 Å². The summed E-state index contributed by atoms with van der Waals surface area (Å²) in [7, 11) is 0. The van der Waals surface area contributed by atoms with Crippen LogP contribution in [0.15, 0.2) is 12.1 Å². The molecule has 100 valence electrons. The monoisotopic (exact) mass is 260 g/mol. The highest BCUT2D eigenvalue weighted by Crippen LogP contribution is 2.18. The number of anilines is 1. The van der Waals surface area contributed by atoms with Crippen molar-refractivity contribution in [1.29, 1.82) is 0 Å². The van der Waals surface area contributed by atoms with Crippen molar-refractivity contribution in [3.63, 3.8) is 0 Å². The van der Waals surface area contributed by atoms with E-state index in [4.69, 9.17) is 5.73 Å². The van der Waals surface area contributed by atoms with Crippen molar-refractivity contribution in [2.75, 3.05) is 5.32 Å². The van der Waals surface area contributed by atoms with Crippen LogP contribution in [0.1, 0.15) is 20.3 Å². The number of nitrogens with two attached hydrogens (primary N) is 1. The summed E-state index contributed by atoms with van der Waals surface area (Å²) in [5.41, 5.74) is 5.49. The Labute approximate surface area is 103 Å². The lowest BCUT2D eigenvalue weighted by atomic mass is 9.99. The van der Waals surface area contributed by atoms with Gasteiger partial charge in [-0.1, -0.05) is 20.3 Å². The highest BCUT2D eigenvalue weighted by molar-refractivity contribution is 5.94. The Bertz CT molecular complexity index is 428. The van der Waals surface area contributed by atoms with Crippen molar-refractivity contribution in [2.45, 2.75) is 26.3 Å². The molecule has 1 aromatic rings. The number of benzene rings is 1. The first-order valence-electron chi connectivity index (χ1n) is 5.57. The maximum Gasteiger partial charge on any atom is 0.241 e. The minimum atomic E-state index is -1.57. The molecule has 1 rings (SSSR count). The van der Waals surface area contributed by atoms with Crippen LogP contribution in [0.2, 0.25) is 0 Å². The molecular formula is C12H15F3N2O. The SMILES string of the molecule is CCC(C)[C@H](N)C(=O)Nc1cc(F)c(F)c(F)c1. The lowest BCUT2D eigenvalue weighted by molar-refractivity contribution is -0.118. The van der Waals surface area contributed by atoms with Gasteiger partial charge in [-0.3, -0.25) is 4.79 Å².